The van der Waals surface area contributed by atoms with Gasteiger partial charge in [0.15, 0.2) is 0 Å². The van der Waals surface area contributed by atoms with Crippen molar-refractivity contribution in [3.05, 3.63) is 93.3 Å². The van der Waals surface area contributed by atoms with E-state index in [1.165, 1.54) is 17.0 Å². The van der Waals surface area contributed by atoms with Gasteiger partial charge in [0.2, 0.25) is 0 Å². The number of carbonyl (C=O) groups excluding carboxylic acids is 2. The number of azo groups is 1. The summed E-state index contributed by atoms with van der Waals surface area (Å²) in [4.78, 5) is 26.7. The summed E-state index contributed by atoms with van der Waals surface area (Å²) in [6.45, 7) is 2.15. The fourth-order valence-electron chi connectivity index (χ4n) is 3.14. The van der Waals surface area contributed by atoms with Crippen molar-refractivity contribution in [1.82, 2.24) is 4.90 Å². The lowest BCUT2D eigenvalue weighted by molar-refractivity contribution is -0.123. The smallest absolute Gasteiger partial charge is 0.293 e. The topological polar surface area (TPSA) is 82.3 Å². The molecule has 2 amide bonds. The number of hydrogen-bond acceptors (Lipinski definition) is 6. The van der Waals surface area contributed by atoms with E-state index < -0.39 is 5.91 Å². The van der Waals surface area contributed by atoms with Gasteiger partial charge in [-0.05, 0) is 66.7 Å². The minimum absolute atomic E-state index is 0.0304. The molecule has 0 unspecified atom stereocenters. The first-order chi connectivity index (χ1) is 15.4. The zero-order valence-electron chi connectivity index (χ0n) is 17.0. The van der Waals surface area contributed by atoms with E-state index >= 15 is 0 Å². The van der Waals surface area contributed by atoms with E-state index in [0.29, 0.717) is 22.0 Å². The van der Waals surface area contributed by atoms with Crippen molar-refractivity contribution in [2.45, 2.75) is 13.5 Å². The number of amides is 2. The van der Waals surface area contributed by atoms with E-state index in [1.807, 2.05) is 31.2 Å². The Morgan fingerprint density at radius 2 is 1.75 bits per heavy atom. The second-order valence-electron chi connectivity index (χ2n) is 7.18. The molecule has 1 heterocycles. The minimum atomic E-state index is -0.396. The van der Waals surface area contributed by atoms with Crippen molar-refractivity contribution in [1.29, 1.82) is 0 Å². The van der Waals surface area contributed by atoms with Gasteiger partial charge in [-0.1, -0.05) is 47.5 Å². The normalized spacial score (nSPS) is 15.3. The van der Waals surface area contributed by atoms with Crippen LogP contribution in [0.3, 0.4) is 0 Å². The predicted molar refractivity (Wildman–Crippen MR) is 126 cm³/mol. The lowest BCUT2D eigenvalue weighted by Crippen LogP contribution is -2.27. The van der Waals surface area contributed by atoms with Crippen molar-refractivity contribution in [3.8, 4) is 5.75 Å². The quantitative estimate of drug-likeness (QED) is 0.326. The molecule has 1 saturated heterocycles. The number of halogens is 1. The van der Waals surface area contributed by atoms with Crippen LogP contribution in [0.25, 0.3) is 6.08 Å². The number of nitrogens with zero attached hydrogens (tertiary/aromatic N) is 3. The molecule has 1 aliphatic rings. The first-order valence-electron chi connectivity index (χ1n) is 9.70. The molecule has 160 valence electrons. The van der Waals surface area contributed by atoms with Gasteiger partial charge in [-0.25, -0.2) is 0 Å². The van der Waals surface area contributed by atoms with E-state index in [0.717, 1.165) is 22.9 Å². The molecule has 0 atom stereocenters. The third kappa shape index (κ3) is 5.07. The van der Waals surface area contributed by atoms with Crippen molar-refractivity contribution in [3.63, 3.8) is 0 Å². The molecule has 0 bridgehead atoms. The summed E-state index contributed by atoms with van der Waals surface area (Å²) in [7, 11) is 0. The van der Waals surface area contributed by atoms with Crippen LogP contribution in [0.15, 0.2) is 81.9 Å². The van der Waals surface area contributed by atoms with Gasteiger partial charge in [0.05, 0.1) is 22.8 Å². The largest absolute Gasteiger partial charge is 0.507 e. The van der Waals surface area contributed by atoms with Gasteiger partial charge in [-0.15, -0.1) is 0 Å². The molecule has 32 heavy (non-hydrogen) atoms. The standard InChI is InChI=1S/C24H18ClN3O3S/c1-15-4-2-5-16(10-15)14-28-23(30)22(32-24(28)31)12-17-11-20(8-9-21(17)29)27-26-19-7-3-6-18(25)13-19/h2-13,29H,14H2,1H3/b22-12-,27-26?. The number of thioether (sulfide) groups is 1. The number of phenolic OH excluding ortho intramolecular Hbond substituents is 1. The highest BCUT2D eigenvalue weighted by Gasteiger charge is 2.35. The van der Waals surface area contributed by atoms with Gasteiger partial charge < -0.3 is 5.11 Å². The predicted octanol–water partition coefficient (Wildman–Crippen LogP) is 7.01. The van der Waals surface area contributed by atoms with E-state index in [4.69, 9.17) is 11.6 Å². The average Bonchev–Trinajstić information content (AvgIpc) is 3.02. The molecule has 0 radical (unpaired) electrons. The van der Waals surface area contributed by atoms with Gasteiger partial charge in [0.25, 0.3) is 11.1 Å². The average molecular weight is 464 g/mol. The van der Waals surface area contributed by atoms with Crippen LogP contribution in [0.5, 0.6) is 5.75 Å². The number of phenols is 1. The van der Waals surface area contributed by atoms with Gasteiger partial charge in [0, 0.05) is 10.6 Å². The maximum absolute atomic E-state index is 12.8. The van der Waals surface area contributed by atoms with E-state index in [2.05, 4.69) is 10.2 Å². The lowest BCUT2D eigenvalue weighted by atomic mass is 10.1. The number of aryl methyl sites for hydroxylation is 1. The van der Waals surface area contributed by atoms with E-state index in [9.17, 15) is 14.7 Å². The maximum Gasteiger partial charge on any atom is 0.293 e. The molecule has 3 aromatic carbocycles. The Hall–Kier alpha value is -3.42. The van der Waals surface area contributed by atoms with Crippen LogP contribution >= 0.6 is 23.4 Å². The highest BCUT2D eigenvalue weighted by molar-refractivity contribution is 8.18. The highest BCUT2D eigenvalue weighted by atomic mass is 35.5. The summed E-state index contributed by atoms with van der Waals surface area (Å²) in [6.07, 6.45) is 1.49. The summed E-state index contributed by atoms with van der Waals surface area (Å²) in [5.74, 6) is -0.427. The molecular weight excluding hydrogens is 446 g/mol. The molecule has 0 aromatic heterocycles. The monoisotopic (exact) mass is 463 g/mol. The Bertz CT molecular complexity index is 1270. The Labute approximate surface area is 194 Å². The fraction of sp³-hybridized carbons (Fsp3) is 0.0833. The maximum atomic E-state index is 12.8. The molecule has 4 rings (SSSR count). The van der Waals surface area contributed by atoms with Gasteiger partial charge in [0.1, 0.15) is 5.75 Å². The number of hydrogen-bond donors (Lipinski definition) is 1. The van der Waals surface area contributed by atoms with Gasteiger partial charge in [-0.2, -0.15) is 10.2 Å². The van der Waals surface area contributed by atoms with Crippen LogP contribution in [-0.2, 0) is 11.3 Å². The van der Waals surface area contributed by atoms with E-state index in [-0.39, 0.29) is 22.4 Å². The molecule has 1 fully saturated rings. The molecule has 8 heteroatoms. The summed E-state index contributed by atoms with van der Waals surface area (Å²) >= 11 is 6.80. The first-order valence-corrected chi connectivity index (χ1v) is 10.9. The number of rotatable bonds is 5. The molecular formula is C24H18ClN3O3S. The minimum Gasteiger partial charge on any atom is -0.507 e. The summed E-state index contributed by atoms with van der Waals surface area (Å²) in [5, 5.41) is 18.7. The second kappa shape index (κ2) is 9.38. The SMILES string of the molecule is Cc1cccc(CN2C(=O)S/C(=C\c3cc(N=Nc4cccc(Cl)c4)ccc3O)C2=O)c1. The van der Waals surface area contributed by atoms with Crippen LogP contribution in [0.2, 0.25) is 5.02 Å². The fourth-order valence-corrected chi connectivity index (χ4v) is 4.16. The zero-order valence-corrected chi connectivity index (χ0v) is 18.6. The molecule has 3 aromatic rings. The third-order valence-electron chi connectivity index (χ3n) is 4.68. The Morgan fingerprint density at radius 1 is 1.00 bits per heavy atom. The van der Waals surface area contributed by atoms with Crippen LogP contribution in [0.4, 0.5) is 16.2 Å². The molecule has 0 saturated carbocycles. The third-order valence-corrected chi connectivity index (χ3v) is 5.83. The van der Waals surface area contributed by atoms with Crippen LogP contribution in [-0.4, -0.2) is 21.2 Å². The number of carbonyl (C=O) groups is 2. The number of aromatic hydroxyl groups is 1. The van der Waals surface area contributed by atoms with Crippen LogP contribution < -0.4 is 0 Å². The van der Waals surface area contributed by atoms with Crippen molar-refractivity contribution >= 4 is 52.0 Å². The van der Waals surface area contributed by atoms with Crippen LogP contribution in [0, 0.1) is 6.92 Å². The summed E-state index contributed by atoms with van der Waals surface area (Å²) < 4.78 is 0. The highest BCUT2D eigenvalue weighted by Crippen LogP contribution is 2.36. The summed E-state index contributed by atoms with van der Waals surface area (Å²) in [5.41, 5.74) is 3.37. The van der Waals surface area contributed by atoms with E-state index in [1.54, 1.807) is 36.4 Å². The van der Waals surface area contributed by atoms with Gasteiger partial charge >= 0.3 is 0 Å². The van der Waals surface area contributed by atoms with Crippen molar-refractivity contribution < 1.29 is 14.7 Å². The summed E-state index contributed by atoms with van der Waals surface area (Å²) in [6, 6.07) is 19.3. The Balaban J connectivity index is 1.56. The lowest BCUT2D eigenvalue weighted by Gasteiger charge is -2.12. The zero-order chi connectivity index (χ0) is 22.7. The molecule has 0 aliphatic carbocycles. The van der Waals surface area contributed by atoms with Crippen molar-refractivity contribution in [2.24, 2.45) is 10.2 Å². The first kappa shape index (κ1) is 21.8. The van der Waals surface area contributed by atoms with Crippen LogP contribution in [0.1, 0.15) is 16.7 Å². The number of imide groups is 1. The molecule has 0 spiro atoms. The molecule has 1 N–H and O–H groups in total. The van der Waals surface area contributed by atoms with Crippen molar-refractivity contribution in [2.75, 3.05) is 0 Å². The van der Waals surface area contributed by atoms with Gasteiger partial charge in [-0.3, -0.25) is 14.5 Å². The number of benzene rings is 3. The molecule has 1 aliphatic heterocycles. The molecule has 6 nitrogen and oxygen atoms in total. The Morgan fingerprint density at radius 3 is 2.50 bits per heavy atom. The second-order valence-corrected chi connectivity index (χ2v) is 8.61. The Kier molecular flexibility index (Phi) is 6.39.